The third-order valence-corrected chi connectivity index (χ3v) is 5.89. The number of benzene rings is 1. The Morgan fingerprint density at radius 1 is 1.00 bits per heavy atom. The lowest BCUT2D eigenvalue weighted by Crippen LogP contribution is -2.49. The summed E-state index contributed by atoms with van der Waals surface area (Å²) in [6.07, 6.45) is 0. The lowest BCUT2D eigenvalue weighted by molar-refractivity contribution is 0.0742. The summed E-state index contributed by atoms with van der Waals surface area (Å²) in [7, 11) is 0. The van der Waals surface area contributed by atoms with Crippen LogP contribution < -0.4 is 4.90 Å². The highest BCUT2D eigenvalue weighted by atomic mass is 35.5. The number of rotatable bonds is 3. The predicted molar refractivity (Wildman–Crippen MR) is 113 cm³/mol. The first-order chi connectivity index (χ1) is 14.4. The van der Waals surface area contributed by atoms with Gasteiger partial charge in [-0.2, -0.15) is 5.10 Å². The van der Waals surface area contributed by atoms with E-state index in [1.165, 1.54) is 18.2 Å². The van der Waals surface area contributed by atoms with Gasteiger partial charge in [-0.3, -0.25) is 4.79 Å². The normalized spacial score (nSPS) is 14.3. The van der Waals surface area contributed by atoms with E-state index in [0.29, 0.717) is 32.0 Å². The van der Waals surface area contributed by atoms with E-state index in [1.807, 2.05) is 32.9 Å². The first kappa shape index (κ1) is 20.3. The monoisotopic (exact) mass is 428 g/mol. The minimum Gasteiger partial charge on any atom is -0.352 e. The summed E-state index contributed by atoms with van der Waals surface area (Å²) in [5.41, 5.74) is 3.07. The zero-order valence-electron chi connectivity index (χ0n) is 17.1. The smallest absolute Gasteiger partial charge is 0.258 e. The molecule has 4 rings (SSSR count). The van der Waals surface area contributed by atoms with E-state index in [-0.39, 0.29) is 16.5 Å². The Kier molecular flexibility index (Phi) is 5.42. The summed E-state index contributed by atoms with van der Waals surface area (Å²) in [5.74, 6) is 0.401. The Balaban J connectivity index is 1.44. The Morgan fingerprint density at radius 2 is 1.67 bits per heavy atom. The summed E-state index contributed by atoms with van der Waals surface area (Å²) in [6.45, 7) is 8.05. The maximum atomic E-state index is 14.1. The maximum absolute atomic E-state index is 14.1. The van der Waals surface area contributed by atoms with Crippen molar-refractivity contribution in [2.75, 3.05) is 31.1 Å². The van der Waals surface area contributed by atoms with E-state index in [1.54, 1.807) is 9.58 Å². The highest BCUT2D eigenvalue weighted by molar-refractivity contribution is 6.33. The van der Waals surface area contributed by atoms with Crippen molar-refractivity contribution in [3.8, 4) is 5.82 Å². The molecule has 0 bridgehead atoms. The molecule has 0 N–H and O–H groups in total. The van der Waals surface area contributed by atoms with Gasteiger partial charge in [-0.1, -0.05) is 17.7 Å². The molecule has 1 aliphatic heterocycles. The van der Waals surface area contributed by atoms with Crippen LogP contribution in [0.2, 0.25) is 5.02 Å². The van der Waals surface area contributed by atoms with Gasteiger partial charge in [0.1, 0.15) is 5.82 Å². The molecule has 2 aromatic heterocycles. The second kappa shape index (κ2) is 8.02. The van der Waals surface area contributed by atoms with E-state index in [2.05, 4.69) is 20.2 Å². The molecule has 0 saturated carbocycles. The highest BCUT2D eigenvalue weighted by Crippen LogP contribution is 2.23. The van der Waals surface area contributed by atoms with Gasteiger partial charge >= 0.3 is 0 Å². The van der Waals surface area contributed by atoms with Crippen LogP contribution in [0, 0.1) is 26.6 Å². The first-order valence-electron chi connectivity index (χ1n) is 9.72. The Bertz CT molecular complexity index is 1070. The zero-order valence-corrected chi connectivity index (χ0v) is 17.8. The first-order valence-corrected chi connectivity index (χ1v) is 10.1. The van der Waals surface area contributed by atoms with Crippen molar-refractivity contribution in [3.63, 3.8) is 0 Å². The van der Waals surface area contributed by atoms with Crippen molar-refractivity contribution >= 4 is 23.3 Å². The second-order valence-corrected chi connectivity index (χ2v) is 7.74. The minimum atomic E-state index is -0.601. The summed E-state index contributed by atoms with van der Waals surface area (Å²) >= 11 is 6.03. The van der Waals surface area contributed by atoms with Crippen LogP contribution in [0.5, 0.6) is 0 Å². The van der Waals surface area contributed by atoms with Gasteiger partial charge in [-0.05, 0) is 50.6 Å². The molecule has 0 atom stereocenters. The molecule has 9 heteroatoms. The molecule has 0 spiro atoms. The van der Waals surface area contributed by atoms with E-state index < -0.39 is 5.82 Å². The van der Waals surface area contributed by atoms with Gasteiger partial charge < -0.3 is 9.80 Å². The quantitative estimate of drug-likeness (QED) is 0.640. The highest BCUT2D eigenvalue weighted by Gasteiger charge is 2.26. The third-order valence-electron chi connectivity index (χ3n) is 5.57. The van der Waals surface area contributed by atoms with Crippen LogP contribution in [0.1, 0.15) is 27.3 Å². The number of halogens is 2. The Morgan fingerprint density at radius 3 is 2.23 bits per heavy atom. The minimum absolute atomic E-state index is 0.0723. The van der Waals surface area contributed by atoms with Gasteiger partial charge in [0.15, 0.2) is 11.6 Å². The fraction of sp³-hybridized carbons (Fsp3) is 0.333. The molecule has 1 aromatic carbocycles. The second-order valence-electron chi connectivity index (χ2n) is 7.33. The van der Waals surface area contributed by atoms with Crippen LogP contribution in [-0.4, -0.2) is 57.0 Å². The zero-order chi connectivity index (χ0) is 21.4. The van der Waals surface area contributed by atoms with E-state index in [0.717, 1.165) is 22.8 Å². The summed E-state index contributed by atoms with van der Waals surface area (Å²) in [6, 6.07) is 8.05. The van der Waals surface area contributed by atoms with Crippen LogP contribution in [0.4, 0.5) is 10.2 Å². The number of anilines is 1. The van der Waals surface area contributed by atoms with Gasteiger partial charge in [-0.15, -0.1) is 10.2 Å². The molecule has 1 amide bonds. The van der Waals surface area contributed by atoms with Crippen LogP contribution in [-0.2, 0) is 0 Å². The molecule has 1 fully saturated rings. The predicted octanol–water partition coefficient (Wildman–Crippen LogP) is 3.34. The number of amides is 1. The molecule has 0 unspecified atom stereocenters. The van der Waals surface area contributed by atoms with Gasteiger partial charge in [0, 0.05) is 31.9 Å². The van der Waals surface area contributed by atoms with Crippen molar-refractivity contribution in [3.05, 3.63) is 63.7 Å². The van der Waals surface area contributed by atoms with Crippen LogP contribution in [0.15, 0.2) is 30.3 Å². The molecule has 156 valence electrons. The molecule has 30 heavy (non-hydrogen) atoms. The van der Waals surface area contributed by atoms with Crippen LogP contribution in [0.25, 0.3) is 5.82 Å². The van der Waals surface area contributed by atoms with Gasteiger partial charge in [0.05, 0.1) is 16.3 Å². The largest absolute Gasteiger partial charge is 0.352 e. The van der Waals surface area contributed by atoms with Crippen LogP contribution >= 0.6 is 11.6 Å². The number of piperazine rings is 1. The Hall–Kier alpha value is -3.00. The van der Waals surface area contributed by atoms with Crippen molar-refractivity contribution < 1.29 is 9.18 Å². The number of carbonyl (C=O) groups excluding carboxylic acids is 1. The number of aryl methyl sites for hydroxylation is 1. The number of hydrogen-bond donors (Lipinski definition) is 0. The molecule has 1 saturated heterocycles. The summed E-state index contributed by atoms with van der Waals surface area (Å²) < 4.78 is 15.9. The van der Waals surface area contributed by atoms with Crippen molar-refractivity contribution in [1.29, 1.82) is 0 Å². The van der Waals surface area contributed by atoms with Crippen LogP contribution in [0.3, 0.4) is 0 Å². The average molecular weight is 429 g/mol. The maximum Gasteiger partial charge on any atom is 0.258 e. The standard InChI is InChI=1S/C21H22ClFN6O/c1-13-14(2)26-29(15(13)3)19-8-7-18(24-25-19)27-9-11-28(12-10-27)21(30)20-16(22)5-4-6-17(20)23/h4-8H,9-12H2,1-3H3. The number of carbonyl (C=O) groups is 1. The molecular weight excluding hydrogens is 407 g/mol. The molecule has 0 radical (unpaired) electrons. The Labute approximate surface area is 179 Å². The molecule has 1 aliphatic rings. The number of hydrogen-bond acceptors (Lipinski definition) is 5. The lowest BCUT2D eigenvalue weighted by Gasteiger charge is -2.35. The fourth-order valence-electron chi connectivity index (χ4n) is 3.54. The van der Waals surface area contributed by atoms with Crippen molar-refractivity contribution in [2.45, 2.75) is 20.8 Å². The lowest BCUT2D eigenvalue weighted by atomic mass is 10.1. The van der Waals surface area contributed by atoms with Gasteiger partial charge in [0.25, 0.3) is 5.91 Å². The molecule has 0 aliphatic carbocycles. The van der Waals surface area contributed by atoms with E-state index in [4.69, 9.17) is 11.6 Å². The molecule has 3 aromatic rings. The molecule has 3 heterocycles. The number of aromatic nitrogens is 4. The van der Waals surface area contributed by atoms with Crippen molar-refractivity contribution in [2.24, 2.45) is 0 Å². The fourth-order valence-corrected chi connectivity index (χ4v) is 3.79. The average Bonchev–Trinajstić information content (AvgIpc) is 3.01. The van der Waals surface area contributed by atoms with Crippen molar-refractivity contribution in [1.82, 2.24) is 24.9 Å². The summed E-state index contributed by atoms with van der Waals surface area (Å²) in [5, 5.41) is 13.3. The molecule has 7 nitrogen and oxygen atoms in total. The topological polar surface area (TPSA) is 67.2 Å². The summed E-state index contributed by atoms with van der Waals surface area (Å²) in [4.78, 5) is 16.4. The van der Waals surface area contributed by atoms with Gasteiger partial charge in [0.2, 0.25) is 0 Å². The van der Waals surface area contributed by atoms with E-state index in [9.17, 15) is 9.18 Å². The van der Waals surface area contributed by atoms with E-state index >= 15 is 0 Å². The number of nitrogens with zero attached hydrogens (tertiary/aromatic N) is 6. The third kappa shape index (κ3) is 3.63. The van der Waals surface area contributed by atoms with Gasteiger partial charge in [-0.25, -0.2) is 9.07 Å². The molecular formula is C21H22ClFN6O. The SMILES string of the molecule is Cc1nn(-c2ccc(N3CCN(C(=O)c4c(F)cccc4Cl)CC3)nn2)c(C)c1C.